The van der Waals surface area contributed by atoms with Crippen molar-refractivity contribution in [3.63, 3.8) is 0 Å². The summed E-state index contributed by atoms with van der Waals surface area (Å²) < 4.78 is 0. The fourth-order valence-electron chi connectivity index (χ4n) is 1.88. The molecule has 0 saturated carbocycles. The van der Waals surface area contributed by atoms with Gasteiger partial charge in [0.25, 0.3) is 5.91 Å². The summed E-state index contributed by atoms with van der Waals surface area (Å²) in [4.78, 5) is 13.4. The Balaban J connectivity index is 2.30. The van der Waals surface area contributed by atoms with Gasteiger partial charge in [0.1, 0.15) is 0 Å². The predicted octanol–water partition coefficient (Wildman–Crippen LogP) is 4.93. The molecule has 0 aromatic heterocycles. The molecule has 0 saturated heterocycles. The molecule has 2 aromatic rings. The van der Waals surface area contributed by atoms with Crippen LogP contribution in [0.25, 0.3) is 0 Å². The van der Waals surface area contributed by atoms with Gasteiger partial charge in [0, 0.05) is 10.6 Å². The van der Waals surface area contributed by atoms with Crippen molar-refractivity contribution in [3.8, 4) is 0 Å². The van der Waals surface area contributed by atoms with Crippen molar-refractivity contribution >= 4 is 35.0 Å². The van der Waals surface area contributed by atoms with E-state index in [0.29, 0.717) is 10.6 Å². The van der Waals surface area contributed by atoms with Crippen molar-refractivity contribution in [1.82, 2.24) is 0 Å². The van der Waals surface area contributed by atoms with E-state index in [2.05, 4.69) is 5.32 Å². The summed E-state index contributed by atoms with van der Waals surface area (Å²) in [6.07, 6.45) is 1.97. The third kappa shape index (κ3) is 3.17. The number of halogens is 1. The Kier molecular flexibility index (Phi) is 4.73. The van der Waals surface area contributed by atoms with Crippen LogP contribution in [0, 0.1) is 13.8 Å². The number of amides is 1. The molecule has 0 aliphatic rings. The molecular formula is C16H16ClNOS. The van der Waals surface area contributed by atoms with Crippen molar-refractivity contribution in [3.05, 3.63) is 58.1 Å². The van der Waals surface area contributed by atoms with Crippen LogP contribution in [0.5, 0.6) is 0 Å². The minimum atomic E-state index is -0.181. The van der Waals surface area contributed by atoms with Gasteiger partial charge in [-0.3, -0.25) is 4.79 Å². The highest BCUT2D eigenvalue weighted by molar-refractivity contribution is 7.98. The average Bonchev–Trinajstić information content (AvgIpc) is 2.44. The third-order valence-corrected chi connectivity index (χ3v) is 4.33. The van der Waals surface area contributed by atoms with Gasteiger partial charge in [0.15, 0.2) is 0 Å². The van der Waals surface area contributed by atoms with Crippen LogP contribution >= 0.6 is 23.4 Å². The highest BCUT2D eigenvalue weighted by atomic mass is 35.5. The third-order valence-electron chi connectivity index (χ3n) is 3.27. The summed E-state index contributed by atoms with van der Waals surface area (Å²) in [6, 6.07) is 11.3. The van der Waals surface area contributed by atoms with Crippen LogP contribution in [0.4, 0.5) is 5.69 Å². The molecule has 2 nitrogen and oxygen atoms in total. The summed E-state index contributed by atoms with van der Waals surface area (Å²) in [5.74, 6) is -0.181. The smallest absolute Gasteiger partial charge is 0.257 e. The maximum atomic E-state index is 12.4. The second-order valence-corrected chi connectivity index (χ2v) is 5.83. The maximum Gasteiger partial charge on any atom is 0.257 e. The second kappa shape index (κ2) is 6.33. The standard InChI is InChI=1S/C16H16ClNOS/c1-10-5-4-6-15(11(10)2)18-16(19)13-9-12(20-3)7-8-14(13)17/h4-9H,1-3H3,(H,18,19). The Morgan fingerprint density at radius 1 is 1.20 bits per heavy atom. The molecule has 0 spiro atoms. The second-order valence-electron chi connectivity index (χ2n) is 4.55. The number of thioether (sulfide) groups is 1. The molecule has 2 aromatic carbocycles. The number of aryl methyl sites for hydroxylation is 1. The molecule has 0 radical (unpaired) electrons. The van der Waals surface area contributed by atoms with E-state index in [9.17, 15) is 4.79 Å². The van der Waals surface area contributed by atoms with Crippen molar-refractivity contribution in [2.75, 3.05) is 11.6 Å². The van der Waals surface area contributed by atoms with E-state index >= 15 is 0 Å². The fraction of sp³-hybridized carbons (Fsp3) is 0.188. The van der Waals surface area contributed by atoms with E-state index in [1.807, 2.05) is 50.4 Å². The Morgan fingerprint density at radius 3 is 2.65 bits per heavy atom. The first-order valence-electron chi connectivity index (χ1n) is 6.24. The topological polar surface area (TPSA) is 29.1 Å². The number of hydrogen-bond acceptors (Lipinski definition) is 2. The predicted molar refractivity (Wildman–Crippen MR) is 87.1 cm³/mol. The van der Waals surface area contributed by atoms with Gasteiger partial charge >= 0.3 is 0 Å². The van der Waals surface area contributed by atoms with Crippen LogP contribution in [-0.4, -0.2) is 12.2 Å². The molecule has 0 aliphatic carbocycles. The van der Waals surface area contributed by atoms with E-state index in [-0.39, 0.29) is 5.91 Å². The zero-order chi connectivity index (χ0) is 14.7. The highest BCUT2D eigenvalue weighted by Crippen LogP contribution is 2.25. The molecular weight excluding hydrogens is 290 g/mol. The fourth-order valence-corrected chi connectivity index (χ4v) is 2.52. The number of carbonyl (C=O) groups excluding carboxylic acids is 1. The number of hydrogen-bond donors (Lipinski definition) is 1. The molecule has 0 heterocycles. The lowest BCUT2D eigenvalue weighted by Gasteiger charge is -2.11. The van der Waals surface area contributed by atoms with Crippen LogP contribution in [-0.2, 0) is 0 Å². The molecule has 1 amide bonds. The molecule has 2 rings (SSSR count). The summed E-state index contributed by atoms with van der Waals surface area (Å²) in [5.41, 5.74) is 3.53. The SMILES string of the molecule is CSc1ccc(Cl)c(C(=O)Nc2cccc(C)c2C)c1. The molecule has 0 atom stereocenters. The van der Waals surface area contributed by atoms with E-state index in [1.165, 1.54) is 0 Å². The van der Waals surface area contributed by atoms with Crippen molar-refractivity contribution < 1.29 is 4.79 Å². The van der Waals surface area contributed by atoms with Crippen LogP contribution in [0.1, 0.15) is 21.5 Å². The number of benzene rings is 2. The van der Waals surface area contributed by atoms with Gasteiger partial charge in [-0.05, 0) is 55.5 Å². The lowest BCUT2D eigenvalue weighted by molar-refractivity contribution is 0.102. The molecule has 0 fully saturated rings. The first-order valence-corrected chi connectivity index (χ1v) is 7.84. The molecule has 1 N–H and O–H groups in total. The molecule has 4 heteroatoms. The summed E-state index contributed by atoms with van der Waals surface area (Å²) >= 11 is 7.70. The van der Waals surface area contributed by atoms with Crippen molar-refractivity contribution in [2.45, 2.75) is 18.7 Å². The molecule has 104 valence electrons. The van der Waals surface area contributed by atoms with Gasteiger partial charge in [0.2, 0.25) is 0 Å². The van der Waals surface area contributed by atoms with Crippen LogP contribution in [0.2, 0.25) is 5.02 Å². The van der Waals surface area contributed by atoms with E-state index in [1.54, 1.807) is 17.8 Å². The number of rotatable bonds is 3. The van der Waals surface area contributed by atoms with Gasteiger partial charge in [-0.2, -0.15) is 0 Å². The largest absolute Gasteiger partial charge is 0.322 e. The minimum Gasteiger partial charge on any atom is -0.322 e. The van der Waals surface area contributed by atoms with Gasteiger partial charge in [0.05, 0.1) is 10.6 Å². The van der Waals surface area contributed by atoms with Crippen LogP contribution < -0.4 is 5.32 Å². The molecule has 0 unspecified atom stereocenters. The minimum absolute atomic E-state index is 0.181. The highest BCUT2D eigenvalue weighted by Gasteiger charge is 2.12. The first kappa shape index (κ1) is 14.9. The summed E-state index contributed by atoms with van der Waals surface area (Å²) in [5, 5.41) is 3.39. The Bertz CT molecular complexity index is 655. The number of anilines is 1. The Labute approximate surface area is 128 Å². The van der Waals surface area contributed by atoms with E-state index in [0.717, 1.165) is 21.7 Å². The normalized spacial score (nSPS) is 10.4. The van der Waals surface area contributed by atoms with Gasteiger partial charge in [-0.1, -0.05) is 23.7 Å². The maximum absolute atomic E-state index is 12.4. The van der Waals surface area contributed by atoms with E-state index in [4.69, 9.17) is 11.6 Å². The van der Waals surface area contributed by atoms with Crippen molar-refractivity contribution in [1.29, 1.82) is 0 Å². The Morgan fingerprint density at radius 2 is 1.95 bits per heavy atom. The van der Waals surface area contributed by atoms with Gasteiger partial charge < -0.3 is 5.32 Å². The molecule has 20 heavy (non-hydrogen) atoms. The number of carbonyl (C=O) groups is 1. The molecule has 0 bridgehead atoms. The van der Waals surface area contributed by atoms with Gasteiger partial charge in [-0.25, -0.2) is 0 Å². The lowest BCUT2D eigenvalue weighted by atomic mass is 10.1. The van der Waals surface area contributed by atoms with Crippen LogP contribution in [0.15, 0.2) is 41.3 Å². The van der Waals surface area contributed by atoms with Crippen molar-refractivity contribution in [2.24, 2.45) is 0 Å². The summed E-state index contributed by atoms with van der Waals surface area (Å²) in [6.45, 7) is 4.01. The van der Waals surface area contributed by atoms with Gasteiger partial charge in [-0.15, -0.1) is 11.8 Å². The average molecular weight is 306 g/mol. The summed E-state index contributed by atoms with van der Waals surface area (Å²) in [7, 11) is 0. The number of nitrogens with one attached hydrogen (secondary N) is 1. The zero-order valence-electron chi connectivity index (χ0n) is 11.7. The monoisotopic (exact) mass is 305 g/mol. The zero-order valence-corrected chi connectivity index (χ0v) is 13.2. The molecule has 0 aliphatic heterocycles. The lowest BCUT2D eigenvalue weighted by Crippen LogP contribution is -2.13. The van der Waals surface area contributed by atoms with Crippen LogP contribution in [0.3, 0.4) is 0 Å². The quantitative estimate of drug-likeness (QED) is 0.815. The van der Waals surface area contributed by atoms with E-state index < -0.39 is 0 Å². The Hall–Kier alpha value is -1.45. The first-order chi connectivity index (χ1) is 9.52.